The topological polar surface area (TPSA) is 71.2 Å². The molecule has 0 radical (unpaired) electrons. The molecule has 21 heavy (non-hydrogen) atoms. The van der Waals surface area contributed by atoms with Crippen LogP contribution in [-0.4, -0.2) is 30.3 Å². The highest BCUT2D eigenvalue weighted by atomic mass is 35.5. The third-order valence-corrected chi connectivity index (χ3v) is 5.47. The van der Waals surface area contributed by atoms with Crippen molar-refractivity contribution in [1.29, 1.82) is 0 Å². The Balaban J connectivity index is 2.23. The predicted octanol–water partition coefficient (Wildman–Crippen LogP) is 2.47. The summed E-state index contributed by atoms with van der Waals surface area (Å²) in [5.74, 6) is 0. The smallest absolute Gasteiger partial charge is 0.172 e. The highest BCUT2D eigenvalue weighted by Crippen LogP contribution is 2.55. The molecule has 3 atom stereocenters. The van der Waals surface area contributed by atoms with Crippen LogP contribution in [-0.2, 0) is 5.72 Å². The van der Waals surface area contributed by atoms with E-state index in [2.05, 4.69) is 16.5 Å². The van der Waals surface area contributed by atoms with E-state index in [0.717, 1.165) is 0 Å². The van der Waals surface area contributed by atoms with Gasteiger partial charge in [-0.1, -0.05) is 24.6 Å². The minimum atomic E-state index is -1.48. The molecule has 3 rings (SSSR count). The predicted molar refractivity (Wildman–Crippen MR) is 80.9 cm³/mol. The van der Waals surface area contributed by atoms with Crippen LogP contribution in [0.3, 0.4) is 0 Å². The van der Waals surface area contributed by atoms with Gasteiger partial charge in [-0.05, 0) is 25.8 Å². The van der Waals surface area contributed by atoms with Crippen molar-refractivity contribution < 1.29 is 10.2 Å². The molecule has 0 saturated heterocycles. The zero-order valence-corrected chi connectivity index (χ0v) is 12.8. The summed E-state index contributed by atoms with van der Waals surface area (Å²) >= 11 is 6.05. The van der Waals surface area contributed by atoms with Crippen molar-refractivity contribution in [3.8, 4) is 0 Å². The second-order valence-corrected chi connectivity index (χ2v) is 6.46. The molecule has 1 unspecified atom stereocenters. The average Bonchev–Trinajstić information content (AvgIpc) is 2.96. The maximum atomic E-state index is 11.2. The molecular formula is C15H18ClN3O2. The summed E-state index contributed by atoms with van der Waals surface area (Å²) in [6.45, 7) is 7.34. The molecule has 112 valence electrons. The van der Waals surface area contributed by atoms with Gasteiger partial charge in [-0.25, -0.2) is 9.97 Å². The van der Waals surface area contributed by atoms with E-state index in [1.165, 1.54) is 6.33 Å². The Kier molecular flexibility index (Phi) is 2.96. The molecule has 2 aromatic rings. The number of rotatable bonds is 2. The fourth-order valence-corrected chi connectivity index (χ4v) is 3.44. The second kappa shape index (κ2) is 4.29. The number of hydrogen-bond acceptors (Lipinski definition) is 4. The molecule has 2 N–H and O–H groups in total. The average molecular weight is 308 g/mol. The van der Waals surface area contributed by atoms with E-state index in [0.29, 0.717) is 29.0 Å². The molecule has 0 bridgehead atoms. The van der Waals surface area contributed by atoms with Crippen LogP contribution in [0, 0.1) is 5.41 Å². The normalized spacial score (nSPS) is 36.2. The summed E-state index contributed by atoms with van der Waals surface area (Å²) in [6.07, 6.45) is 5.76. The summed E-state index contributed by atoms with van der Waals surface area (Å²) in [6, 6.07) is 1.75. The number of nitrogens with zero attached hydrogens (tertiary/aromatic N) is 3. The first kappa shape index (κ1) is 14.5. The Labute approximate surface area is 127 Å². The molecule has 5 nitrogen and oxygen atoms in total. The molecule has 1 aliphatic carbocycles. The van der Waals surface area contributed by atoms with Gasteiger partial charge in [0.2, 0.25) is 0 Å². The highest BCUT2D eigenvalue weighted by Gasteiger charge is 2.62. The van der Waals surface area contributed by atoms with Gasteiger partial charge in [0, 0.05) is 11.6 Å². The van der Waals surface area contributed by atoms with Crippen molar-refractivity contribution in [2.24, 2.45) is 5.41 Å². The number of fused-ring (bicyclic) bond motifs is 1. The Hall–Kier alpha value is -1.43. The van der Waals surface area contributed by atoms with Crippen LogP contribution in [0.4, 0.5) is 0 Å². The lowest BCUT2D eigenvalue weighted by molar-refractivity contribution is -0.197. The molecule has 1 aliphatic rings. The van der Waals surface area contributed by atoms with Gasteiger partial charge in [0.15, 0.2) is 5.72 Å². The first-order chi connectivity index (χ1) is 9.77. The van der Waals surface area contributed by atoms with Gasteiger partial charge in [0.1, 0.15) is 22.7 Å². The maximum Gasteiger partial charge on any atom is 0.172 e. The zero-order valence-electron chi connectivity index (χ0n) is 12.0. The Morgan fingerprint density at radius 1 is 1.33 bits per heavy atom. The van der Waals surface area contributed by atoms with Crippen LogP contribution in [0.2, 0.25) is 5.15 Å². The third-order valence-electron chi connectivity index (χ3n) is 5.17. The lowest BCUT2D eigenvalue weighted by Gasteiger charge is -2.43. The molecule has 0 aromatic carbocycles. The number of aliphatic hydroxyl groups is 2. The maximum absolute atomic E-state index is 11.2. The summed E-state index contributed by atoms with van der Waals surface area (Å²) in [5.41, 5.74) is -2.94. The third kappa shape index (κ3) is 1.65. The fourth-order valence-electron chi connectivity index (χ4n) is 3.25. The Morgan fingerprint density at radius 2 is 2.05 bits per heavy atom. The fraction of sp³-hybridized carbons (Fsp3) is 0.467. The standard InChI is InChI=1S/C15H18ClN3O2/c1-4-13(2)6-7-15(21,14(13,3)20)19-8-5-10-11(16)17-9-18-12(10)19/h4-5,8-9,20-21H,1,6-7H2,2-3H3/t13-,14?,15+/m0/s1. The van der Waals surface area contributed by atoms with Crippen LogP contribution < -0.4 is 0 Å². The quantitative estimate of drug-likeness (QED) is 0.660. The zero-order chi connectivity index (χ0) is 15.5. The Bertz CT molecular complexity index is 727. The van der Waals surface area contributed by atoms with Crippen molar-refractivity contribution in [2.45, 2.75) is 38.0 Å². The minimum absolute atomic E-state index is 0.325. The summed E-state index contributed by atoms with van der Waals surface area (Å²) in [4.78, 5) is 8.13. The van der Waals surface area contributed by atoms with E-state index < -0.39 is 16.7 Å². The van der Waals surface area contributed by atoms with E-state index in [9.17, 15) is 10.2 Å². The summed E-state index contributed by atoms with van der Waals surface area (Å²) in [7, 11) is 0. The van der Waals surface area contributed by atoms with Crippen molar-refractivity contribution in [3.63, 3.8) is 0 Å². The van der Waals surface area contributed by atoms with Crippen molar-refractivity contribution in [1.82, 2.24) is 14.5 Å². The largest absolute Gasteiger partial charge is 0.384 e. The molecule has 0 aliphatic heterocycles. The lowest BCUT2D eigenvalue weighted by Crippen LogP contribution is -2.55. The highest BCUT2D eigenvalue weighted by molar-refractivity contribution is 6.33. The van der Waals surface area contributed by atoms with Gasteiger partial charge >= 0.3 is 0 Å². The Morgan fingerprint density at radius 3 is 2.67 bits per heavy atom. The molecule has 1 fully saturated rings. The number of halogens is 1. The molecule has 0 amide bonds. The minimum Gasteiger partial charge on any atom is -0.384 e. The van der Waals surface area contributed by atoms with E-state index in [1.54, 1.807) is 29.8 Å². The monoisotopic (exact) mass is 307 g/mol. The van der Waals surface area contributed by atoms with Gasteiger partial charge in [0.05, 0.1) is 5.39 Å². The van der Waals surface area contributed by atoms with E-state index >= 15 is 0 Å². The summed E-state index contributed by atoms with van der Waals surface area (Å²) < 4.78 is 1.59. The van der Waals surface area contributed by atoms with Gasteiger partial charge < -0.3 is 14.8 Å². The number of aromatic nitrogens is 3. The van der Waals surface area contributed by atoms with Gasteiger partial charge in [0.25, 0.3) is 0 Å². The first-order valence-corrected chi connectivity index (χ1v) is 7.21. The van der Waals surface area contributed by atoms with Crippen LogP contribution in [0.15, 0.2) is 31.2 Å². The van der Waals surface area contributed by atoms with Crippen molar-refractivity contribution in [3.05, 3.63) is 36.4 Å². The van der Waals surface area contributed by atoms with Gasteiger partial charge in [-0.15, -0.1) is 6.58 Å². The van der Waals surface area contributed by atoms with Crippen molar-refractivity contribution in [2.75, 3.05) is 0 Å². The molecule has 1 saturated carbocycles. The number of hydrogen-bond donors (Lipinski definition) is 2. The van der Waals surface area contributed by atoms with Crippen LogP contribution in [0.5, 0.6) is 0 Å². The van der Waals surface area contributed by atoms with Crippen LogP contribution in [0.25, 0.3) is 11.0 Å². The molecular weight excluding hydrogens is 290 g/mol. The SMILES string of the molecule is C=C[C@@]1(C)CC[C@](O)(n2ccc3c(Cl)ncnc32)C1(C)O. The van der Waals surface area contributed by atoms with E-state index in [-0.39, 0.29) is 0 Å². The van der Waals surface area contributed by atoms with Gasteiger partial charge in [-0.2, -0.15) is 0 Å². The molecule has 2 heterocycles. The molecule has 2 aromatic heterocycles. The van der Waals surface area contributed by atoms with Crippen LogP contribution in [0.1, 0.15) is 26.7 Å². The summed E-state index contributed by atoms with van der Waals surface area (Å²) in [5, 5.41) is 23.2. The van der Waals surface area contributed by atoms with E-state index in [4.69, 9.17) is 11.6 Å². The van der Waals surface area contributed by atoms with Crippen molar-refractivity contribution >= 4 is 22.6 Å². The van der Waals surface area contributed by atoms with Gasteiger partial charge in [-0.3, -0.25) is 0 Å². The van der Waals surface area contributed by atoms with Crippen LogP contribution >= 0.6 is 11.6 Å². The van der Waals surface area contributed by atoms with E-state index in [1.807, 2.05) is 6.92 Å². The molecule has 0 spiro atoms. The molecule has 6 heteroatoms. The lowest BCUT2D eigenvalue weighted by atomic mass is 9.75. The second-order valence-electron chi connectivity index (χ2n) is 6.10. The first-order valence-electron chi connectivity index (χ1n) is 6.83.